The number of aromatic nitrogens is 1. The number of nitrogen functional groups attached to an aromatic ring is 1. The maximum absolute atomic E-state index is 7.49. The summed E-state index contributed by atoms with van der Waals surface area (Å²) in [4.78, 5) is 4.33. The minimum atomic E-state index is -0.0679. The van der Waals surface area contributed by atoms with Gasteiger partial charge in [0.2, 0.25) is 0 Å². The van der Waals surface area contributed by atoms with E-state index in [1.807, 2.05) is 6.92 Å². The van der Waals surface area contributed by atoms with E-state index in [1.165, 1.54) is 0 Å². The first-order chi connectivity index (χ1) is 7.49. The lowest BCUT2D eigenvalue weighted by molar-refractivity contribution is 1.25. The number of pyridine rings is 1. The fraction of sp³-hybridized carbons (Fsp3) is 0.0909. The quantitative estimate of drug-likeness (QED) is 0.606. The zero-order chi connectivity index (χ0) is 11.9. The van der Waals surface area contributed by atoms with Crippen molar-refractivity contribution in [3.05, 3.63) is 39.5 Å². The van der Waals surface area contributed by atoms with Gasteiger partial charge in [0.25, 0.3) is 0 Å². The Balaban J connectivity index is 2.95. The van der Waals surface area contributed by atoms with E-state index in [-0.39, 0.29) is 5.84 Å². The summed E-state index contributed by atoms with van der Waals surface area (Å²) < 4.78 is 0. The second-order valence-electron chi connectivity index (χ2n) is 3.51. The lowest BCUT2D eigenvalue weighted by Crippen LogP contribution is -2.12. The van der Waals surface area contributed by atoms with Gasteiger partial charge in [-0.3, -0.25) is 10.4 Å². The molecular weight excluding hydrogens is 245 g/mol. The minimum absolute atomic E-state index is 0.0679. The average molecular weight is 254 g/mol. The number of nitrogens with two attached hydrogens (primary N) is 1. The topological polar surface area (TPSA) is 62.8 Å². The Morgan fingerprint density at radius 1 is 1.31 bits per heavy atom. The van der Waals surface area contributed by atoms with Crippen LogP contribution in [0.1, 0.15) is 11.3 Å². The van der Waals surface area contributed by atoms with Crippen molar-refractivity contribution in [3.8, 4) is 0 Å². The molecule has 0 saturated carbocycles. The summed E-state index contributed by atoms with van der Waals surface area (Å²) in [5, 5.41) is 9.26. The van der Waals surface area contributed by atoms with Crippen LogP contribution >= 0.6 is 23.2 Å². The summed E-state index contributed by atoms with van der Waals surface area (Å²) in [6.07, 6.45) is 0. The Labute approximate surface area is 103 Å². The van der Waals surface area contributed by atoms with E-state index in [9.17, 15) is 0 Å². The molecule has 1 heterocycles. The molecule has 3 nitrogen and oxygen atoms in total. The van der Waals surface area contributed by atoms with Gasteiger partial charge < -0.3 is 5.73 Å². The number of fused-ring (bicyclic) bond motifs is 1. The van der Waals surface area contributed by atoms with Gasteiger partial charge in [0, 0.05) is 21.7 Å². The largest absolute Gasteiger partial charge is 0.384 e. The molecule has 0 unspecified atom stereocenters. The molecule has 16 heavy (non-hydrogen) atoms. The van der Waals surface area contributed by atoms with E-state index in [2.05, 4.69) is 4.98 Å². The number of amidine groups is 1. The predicted octanol–water partition coefficient (Wildman–Crippen LogP) is 3.13. The molecule has 3 N–H and O–H groups in total. The van der Waals surface area contributed by atoms with E-state index in [4.69, 9.17) is 34.3 Å². The number of nitrogens with zero attached hydrogens (tertiary/aromatic N) is 1. The number of benzene rings is 1. The molecular formula is C11H9Cl2N3. The Morgan fingerprint density at radius 3 is 2.62 bits per heavy atom. The summed E-state index contributed by atoms with van der Waals surface area (Å²) >= 11 is 12.0. The van der Waals surface area contributed by atoms with Crippen LogP contribution in [-0.2, 0) is 0 Å². The van der Waals surface area contributed by atoms with Crippen molar-refractivity contribution in [1.29, 1.82) is 5.41 Å². The van der Waals surface area contributed by atoms with Crippen molar-refractivity contribution in [2.45, 2.75) is 6.92 Å². The second kappa shape index (κ2) is 3.92. The Bertz CT molecular complexity index is 593. The molecule has 0 aliphatic heterocycles. The Hall–Kier alpha value is -1.32. The highest BCUT2D eigenvalue weighted by Crippen LogP contribution is 2.28. The summed E-state index contributed by atoms with van der Waals surface area (Å²) in [7, 11) is 0. The highest BCUT2D eigenvalue weighted by molar-refractivity contribution is 6.37. The van der Waals surface area contributed by atoms with Crippen molar-refractivity contribution >= 4 is 39.9 Å². The first-order valence-corrected chi connectivity index (χ1v) is 5.35. The smallest absolute Gasteiger partial charge is 0.125 e. The van der Waals surface area contributed by atoms with Crippen molar-refractivity contribution in [3.63, 3.8) is 0 Å². The third-order valence-corrected chi connectivity index (χ3v) is 2.78. The zero-order valence-electron chi connectivity index (χ0n) is 8.51. The van der Waals surface area contributed by atoms with E-state index >= 15 is 0 Å². The first kappa shape index (κ1) is 11.2. The van der Waals surface area contributed by atoms with Crippen molar-refractivity contribution in [2.75, 3.05) is 0 Å². The number of hydrogen-bond donors (Lipinski definition) is 2. The molecule has 2 aromatic rings. The van der Waals surface area contributed by atoms with E-state index in [1.54, 1.807) is 18.2 Å². The predicted molar refractivity (Wildman–Crippen MR) is 67.5 cm³/mol. The molecule has 0 bridgehead atoms. The SMILES string of the molecule is Cc1cc(Cl)c2cc(Cl)cc(C(=N)N)c2n1. The summed E-state index contributed by atoms with van der Waals surface area (Å²) in [5.41, 5.74) is 7.39. The van der Waals surface area contributed by atoms with Gasteiger partial charge in [0.1, 0.15) is 5.84 Å². The van der Waals surface area contributed by atoms with Crippen LogP contribution in [0.2, 0.25) is 10.0 Å². The van der Waals surface area contributed by atoms with Crippen LogP contribution in [0.5, 0.6) is 0 Å². The van der Waals surface area contributed by atoms with E-state index < -0.39 is 0 Å². The van der Waals surface area contributed by atoms with Gasteiger partial charge >= 0.3 is 0 Å². The van der Waals surface area contributed by atoms with Crippen LogP contribution in [-0.4, -0.2) is 10.8 Å². The zero-order valence-corrected chi connectivity index (χ0v) is 10.0. The summed E-state index contributed by atoms with van der Waals surface area (Å²) in [6.45, 7) is 1.84. The van der Waals surface area contributed by atoms with Crippen LogP contribution in [0.3, 0.4) is 0 Å². The second-order valence-corrected chi connectivity index (χ2v) is 4.35. The highest BCUT2D eigenvalue weighted by Gasteiger charge is 2.10. The molecule has 0 amide bonds. The standard InChI is InChI=1S/C11H9Cl2N3/c1-5-2-9(13)7-3-6(12)4-8(11(14)15)10(7)16-5/h2-4H,1H3,(H3,14,15). The average Bonchev–Trinajstić information content (AvgIpc) is 2.18. The van der Waals surface area contributed by atoms with E-state index in [0.29, 0.717) is 26.5 Å². The molecule has 0 atom stereocenters. The Morgan fingerprint density at radius 2 is 2.00 bits per heavy atom. The number of hydrogen-bond acceptors (Lipinski definition) is 2. The molecule has 0 spiro atoms. The van der Waals surface area contributed by atoms with Gasteiger partial charge in [-0.05, 0) is 25.1 Å². The summed E-state index contributed by atoms with van der Waals surface area (Å²) in [6, 6.07) is 5.09. The summed E-state index contributed by atoms with van der Waals surface area (Å²) in [5.74, 6) is -0.0679. The fourth-order valence-corrected chi connectivity index (χ4v) is 2.10. The van der Waals surface area contributed by atoms with Gasteiger partial charge in [0.05, 0.1) is 10.5 Å². The minimum Gasteiger partial charge on any atom is -0.384 e. The molecule has 0 radical (unpaired) electrons. The van der Waals surface area contributed by atoms with Gasteiger partial charge in [0.15, 0.2) is 0 Å². The first-order valence-electron chi connectivity index (χ1n) is 4.60. The number of rotatable bonds is 1. The molecule has 0 fully saturated rings. The lowest BCUT2D eigenvalue weighted by Gasteiger charge is -2.07. The molecule has 1 aromatic carbocycles. The van der Waals surface area contributed by atoms with Gasteiger partial charge in [-0.2, -0.15) is 0 Å². The third kappa shape index (κ3) is 1.84. The van der Waals surface area contributed by atoms with Crippen LogP contribution < -0.4 is 5.73 Å². The highest BCUT2D eigenvalue weighted by atomic mass is 35.5. The van der Waals surface area contributed by atoms with Crippen LogP contribution in [0.15, 0.2) is 18.2 Å². The van der Waals surface area contributed by atoms with Crippen LogP contribution in [0, 0.1) is 12.3 Å². The van der Waals surface area contributed by atoms with E-state index in [0.717, 1.165) is 5.69 Å². The van der Waals surface area contributed by atoms with Gasteiger partial charge in [-0.25, -0.2) is 0 Å². The number of halogens is 2. The number of aryl methyl sites for hydroxylation is 1. The molecule has 82 valence electrons. The number of nitrogens with one attached hydrogen (secondary N) is 1. The maximum Gasteiger partial charge on any atom is 0.125 e. The van der Waals surface area contributed by atoms with Crippen molar-refractivity contribution in [2.24, 2.45) is 5.73 Å². The molecule has 0 aliphatic rings. The third-order valence-electron chi connectivity index (χ3n) is 2.25. The Kier molecular flexibility index (Phi) is 2.74. The van der Waals surface area contributed by atoms with Crippen molar-refractivity contribution in [1.82, 2.24) is 4.98 Å². The lowest BCUT2D eigenvalue weighted by atomic mass is 10.1. The molecule has 0 saturated heterocycles. The monoisotopic (exact) mass is 253 g/mol. The molecule has 1 aromatic heterocycles. The fourth-order valence-electron chi connectivity index (χ4n) is 1.58. The van der Waals surface area contributed by atoms with Crippen LogP contribution in [0.4, 0.5) is 0 Å². The molecule has 2 rings (SSSR count). The molecule has 0 aliphatic carbocycles. The van der Waals surface area contributed by atoms with Crippen molar-refractivity contribution < 1.29 is 0 Å². The van der Waals surface area contributed by atoms with Gasteiger partial charge in [-0.15, -0.1) is 0 Å². The normalized spacial score (nSPS) is 10.7. The maximum atomic E-state index is 7.49. The molecule has 5 heteroatoms. The van der Waals surface area contributed by atoms with Crippen LogP contribution in [0.25, 0.3) is 10.9 Å². The van der Waals surface area contributed by atoms with Gasteiger partial charge in [-0.1, -0.05) is 23.2 Å².